The Kier molecular flexibility index (Phi) is 5.57. The average Bonchev–Trinajstić information content (AvgIpc) is 3.28. The number of likely N-dealkylation sites (N-methyl/N-ethyl adjacent to an activating group) is 1. The van der Waals surface area contributed by atoms with Gasteiger partial charge >= 0.3 is 5.91 Å². The van der Waals surface area contributed by atoms with Crippen LogP contribution in [-0.4, -0.2) is 38.6 Å². The van der Waals surface area contributed by atoms with E-state index < -0.39 is 11.6 Å². The van der Waals surface area contributed by atoms with E-state index in [2.05, 4.69) is 15.2 Å². The Labute approximate surface area is 172 Å². The predicted molar refractivity (Wildman–Crippen MR) is 106 cm³/mol. The molecule has 0 fully saturated rings. The lowest BCUT2D eigenvalue weighted by molar-refractivity contribution is 0.0628. The van der Waals surface area contributed by atoms with E-state index in [1.54, 1.807) is 11.0 Å². The maximum absolute atomic E-state index is 14.2. The summed E-state index contributed by atoms with van der Waals surface area (Å²) in [5.74, 6) is -1.60. The molecule has 2 heterocycles. The molecule has 1 aromatic carbocycles. The number of oxazole rings is 1. The Hall–Kier alpha value is -3.16. The van der Waals surface area contributed by atoms with E-state index in [-0.39, 0.29) is 35.0 Å². The molecule has 6 nitrogen and oxygen atoms in total. The van der Waals surface area contributed by atoms with Gasteiger partial charge in [-0.05, 0) is 56.9 Å². The van der Waals surface area contributed by atoms with Crippen LogP contribution in [0.15, 0.2) is 41.1 Å². The molecule has 0 spiro atoms. The van der Waals surface area contributed by atoms with Gasteiger partial charge in [-0.3, -0.25) is 4.79 Å². The van der Waals surface area contributed by atoms with Crippen LogP contribution >= 0.6 is 0 Å². The Bertz CT molecular complexity index is 1040. The van der Waals surface area contributed by atoms with Gasteiger partial charge in [0.15, 0.2) is 0 Å². The molecule has 2 atom stereocenters. The van der Waals surface area contributed by atoms with Crippen molar-refractivity contribution in [3.8, 4) is 11.3 Å². The fourth-order valence-electron chi connectivity index (χ4n) is 4.22. The summed E-state index contributed by atoms with van der Waals surface area (Å²) in [6.07, 6.45) is 5.28. The van der Waals surface area contributed by atoms with Gasteiger partial charge in [0.1, 0.15) is 17.9 Å². The summed E-state index contributed by atoms with van der Waals surface area (Å²) in [4.78, 5) is 18.5. The Balaban J connectivity index is 1.66. The zero-order valence-electron chi connectivity index (χ0n) is 16.8. The molecule has 4 rings (SSSR count). The van der Waals surface area contributed by atoms with Gasteiger partial charge in [-0.15, -0.1) is 0 Å². The van der Waals surface area contributed by atoms with Crippen molar-refractivity contribution < 1.29 is 18.0 Å². The summed E-state index contributed by atoms with van der Waals surface area (Å²) >= 11 is 0. The molecular weight excluding hydrogens is 390 g/mol. The van der Waals surface area contributed by atoms with Gasteiger partial charge in [-0.25, -0.2) is 13.8 Å². The second kappa shape index (κ2) is 8.30. The van der Waals surface area contributed by atoms with Crippen molar-refractivity contribution >= 4 is 5.91 Å². The minimum Gasteiger partial charge on any atom is -0.441 e. The molecule has 30 heavy (non-hydrogen) atoms. The minimum atomic E-state index is -0.668. The number of hydrogen-bond donors (Lipinski definition) is 0. The minimum absolute atomic E-state index is 0.0420. The number of aryl methyl sites for hydroxylation is 1. The first kappa shape index (κ1) is 20.1. The average molecular weight is 412 g/mol. The van der Waals surface area contributed by atoms with Gasteiger partial charge in [0.05, 0.1) is 23.1 Å². The first-order valence-electron chi connectivity index (χ1n) is 10.0. The fourth-order valence-corrected chi connectivity index (χ4v) is 4.22. The fraction of sp³-hybridized carbons (Fsp3) is 0.364. The normalized spacial score (nSPS) is 16.7. The standard InChI is InChI=1S/C22H22F2N4O2/c1-3-28(22(29)21-25-10-11-30-21)13(2)15-7-4-6-14-12-18(26-27-20(14)15)19-16(23)8-5-9-17(19)24/h5,8-13,15H,3-4,6-7H2,1-2H3. The Morgan fingerprint density at radius 2 is 2.07 bits per heavy atom. The molecule has 0 saturated heterocycles. The molecule has 156 valence electrons. The van der Waals surface area contributed by atoms with E-state index in [1.165, 1.54) is 30.7 Å². The van der Waals surface area contributed by atoms with Gasteiger partial charge in [-0.1, -0.05) is 6.07 Å². The van der Waals surface area contributed by atoms with Gasteiger partial charge in [-0.2, -0.15) is 10.2 Å². The van der Waals surface area contributed by atoms with Crippen molar-refractivity contribution in [1.82, 2.24) is 20.1 Å². The van der Waals surface area contributed by atoms with Crippen molar-refractivity contribution in [2.45, 2.75) is 45.1 Å². The van der Waals surface area contributed by atoms with Crippen molar-refractivity contribution in [3.05, 3.63) is 65.5 Å². The molecule has 1 aliphatic rings. The van der Waals surface area contributed by atoms with Crippen LogP contribution in [0.5, 0.6) is 0 Å². The number of nitrogens with zero attached hydrogens (tertiary/aromatic N) is 4. The molecular formula is C22H22F2N4O2. The zero-order valence-corrected chi connectivity index (χ0v) is 16.8. The van der Waals surface area contributed by atoms with Crippen LogP contribution in [0.2, 0.25) is 0 Å². The second-order valence-corrected chi connectivity index (χ2v) is 7.40. The van der Waals surface area contributed by atoms with Crippen LogP contribution < -0.4 is 0 Å². The molecule has 2 unspecified atom stereocenters. The number of hydrogen-bond acceptors (Lipinski definition) is 5. The van der Waals surface area contributed by atoms with Crippen LogP contribution in [0.25, 0.3) is 11.3 Å². The van der Waals surface area contributed by atoms with E-state index in [1.807, 2.05) is 13.8 Å². The SMILES string of the molecule is CCN(C(=O)c1ncco1)C(C)C1CCCc2cc(-c3c(F)cccc3F)nnc21. The number of carbonyl (C=O) groups excluding carboxylic acids is 1. The maximum atomic E-state index is 14.2. The number of carbonyl (C=O) groups is 1. The highest BCUT2D eigenvalue weighted by Gasteiger charge is 2.34. The summed E-state index contributed by atoms with van der Waals surface area (Å²) in [6.45, 7) is 4.35. The first-order chi connectivity index (χ1) is 14.5. The zero-order chi connectivity index (χ0) is 21.3. The van der Waals surface area contributed by atoms with Crippen LogP contribution in [0.4, 0.5) is 8.78 Å². The highest BCUT2D eigenvalue weighted by Crippen LogP contribution is 2.36. The lowest BCUT2D eigenvalue weighted by atomic mass is 9.82. The lowest BCUT2D eigenvalue weighted by Crippen LogP contribution is -2.43. The summed E-state index contributed by atoms with van der Waals surface area (Å²) in [7, 11) is 0. The van der Waals surface area contributed by atoms with Crippen molar-refractivity contribution in [3.63, 3.8) is 0 Å². The number of benzene rings is 1. The van der Waals surface area contributed by atoms with E-state index in [4.69, 9.17) is 4.42 Å². The number of aromatic nitrogens is 3. The summed E-state index contributed by atoms with van der Waals surface area (Å²) in [5.41, 5.74) is 1.69. The van der Waals surface area contributed by atoms with Gasteiger partial charge < -0.3 is 9.32 Å². The summed E-state index contributed by atoms with van der Waals surface area (Å²) in [5, 5.41) is 8.49. The van der Waals surface area contributed by atoms with Crippen LogP contribution in [0.1, 0.15) is 54.5 Å². The van der Waals surface area contributed by atoms with Gasteiger partial charge in [0.2, 0.25) is 0 Å². The van der Waals surface area contributed by atoms with Crippen molar-refractivity contribution in [2.24, 2.45) is 0 Å². The number of fused-ring (bicyclic) bond motifs is 1. The van der Waals surface area contributed by atoms with Gasteiger partial charge in [0, 0.05) is 18.5 Å². The third kappa shape index (κ3) is 3.58. The van der Waals surface area contributed by atoms with Crippen LogP contribution in [0, 0.1) is 11.6 Å². The highest BCUT2D eigenvalue weighted by atomic mass is 19.1. The van der Waals surface area contributed by atoms with Crippen LogP contribution in [-0.2, 0) is 6.42 Å². The molecule has 3 aromatic rings. The molecule has 0 aliphatic heterocycles. The molecule has 8 heteroatoms. The van der Waals surface area contributed by atoms with E-state index >= 15 is 0 Å². The monoisotopic (exact) mass is 412 g/mol. The predicted octanol–water partition coefficient (Wildman–Crippen LogP) is 4.38. The van der Waals surface area contributed by atoms with Gasteiger partial charge in [0.25, 0.3) is 5.89 Å². The molecule has 0 saturated carbocycles. The topological polar surface area (TPSA) is 72.1 Å². The van der Waals surface area contributed by atoms with E-state index in [9.17, 15) is 13.6 Å². The van der Waals surface area contributed by atoms with E-state index in [0.29, 0.717) is 6.54 Å². The van der Waals surface area contributed by atoms with Crippen LogP contribution in [0.3, 0.4) is 0 Å². The quantitative estimate of drug-likeness (QED) is 0.622. The number of halogens is 2. The van der Waals surface area contributed by atoms with Crippen molar-refractivity contribution in [1.29, 1.82) is 0 Å². The summed E-state index contributed by atoms with van der Waals surface area (Å²) in [6, 6.07) is 5.28. The highest BCUT2D eigenvalue weighted by molar-refractivity contribution is 5.89. The Morgan fingerprint density at radius 1 is 1.30 bits per heavy atom. The molecule has 0 radical (unpaired) electrons. The first-order valence-corrected chi connectivity index (χ1v) is 10.0. The third-order valence-electron chi connectivity index (χ3n) is 5.73. The smallest absolute Gasteiger partial charge is 0.309 e. The third-order valence-corrected chi connectivity index (χ3v) is 5.73. The molecule has 0 bridgehead atoms. The lowest BCUT2D eigenvalue weighted by Gasteiger charge is -2.35. The van der Waals surface area contributed by atoms with Crippen molar-refractivity contribution in [2.75, 3.05) is 6.54 Å². The van der Waals surface area contributed by atoms with E-state index in [0.717, 1.165) is 30.5 Å². The Morgan fingerprint density at radius 3 is 2.73 bits per heavy atom. The maximum Gasteiger partial charge on any atom is 0.309 e. The number of rotatable bonds is 5. The second-order valence-electron chi connectivity index (χ2n) is 7.40. The molecule has 2 aromatic heterocycles. The largest absolute Gasteiger partial charge is 0.441 e. The number of amides is 1. The molecule has 0 N–H and O–H groups in total. The molecule has 1 aliphatic carbocycles. The molecule has 1 amide bonds. The summed E-state index contributed by atoms with van der Waals surface area (Å²) < 4.78 is 33.5.